The Morgan fingerprint density at radius 1 is 0.197 bits per heavy atom. The number of aryl methyl sites for hydroxylation is 4. The second kappa shape index (κ2) is 12.8. The lowest BCUT2D eigenvalue weighted by Crippen LogP contribution is -1.94. The maximum atomic E-state index is 2.55. The van der Waals surface area contributed by atoms with Crippen molar-refractivity contribution in [2.45, 2.75) is 27.7 Å². The van der Waals surface area contributed by atoms with Gasteiger partial charge in [-0.15, -0.1) is 0 Å². The van der Waals surface area contributed by atoms with Crippen LogP contribution in [0.1, 0.15) is 22.3 Å². The van der Waals surface area contributed by atoms with E-state index in [1.165, 1.54) is 175 Å². The largest absolute Gasteiger partial charge is 0.0616 e. The van der Waals surface area contributed by atoms with Gasteiger partial charge in [-0.05, 0) is 216 Å². The molecule has 0 aliphatic heterocycles. The summed E-state index contributed by atoms with van der Waals surface area (Å²) in [5.74, 6) is 0. The van der Waals surface area contributed by atoms with Crippen LogP contribution in [0, 0.1) is 27.7 Å². The molecule has 0 radical (unpaired) electrons. The molecule has 0 heterocycles. The minimum atomic E-state index is 1.26. The van der Waals surface area contributed by atoms with E-state index in [2.05, 4.69) is 210 Å². The minimum Gasteiger partial charge on any atom is -0.0616 e. The van der Waals surface area contributed by atoms with Gasteiger partial charge in [0, 0.05) is 0 Å². The first-order valence-electron chi connectivity index (χ1n) is 23.4. The molecule has 0 aromatic heterocycles. The fourth-order valence-corrected chi connectivity index (χ4v) is 12.8. The quantitative estimate of drug-likeness (QED) is 0.120. The average Bonchev–Trinajstić information content (AvgIpc) is 3.86. The molecule has 13 aromatic carbocycles. The van der Waals surface area contributed by atoms with E-state index < -0.39 is 0 Å². The molecule has 13 aromatic rings. The standard InChI is InChI=1S/C66H42/c1-35-21-25-41-51(29-35)59(33-55-49-27-23-37(3)61-43-15-7-5-13-39(43)57(65(49)61)31-53(41)55)63-45-17-9-11-19-47(45)64(48-20-12-10-18-46(48)63)60-34-56-50-28-24-38(4)62-44-16-8-6-14-40(44)58(66(50)62)32-54(56)42-26-22-36(2)30-52(42)60/h5-34H,1-4H3. The topological polar surface area (TPSA) is 0 Å². The molecule has 2 aliphatic carbocycles. The number of hydrogen-bond donors (Lipinski definition) is 0. The Bertz CT molecular complexity index is 4080. The Labute approximate surface area is 383 Å². The second-order valence-corrected chi connectivity index (χ2v) is 19.3. The molecule has 0 saturated heterocycles. The van der Waals surface area contributed by atoms with Gasteiger partial charge in [-0.3, -0.25) is 0 Å². The van der Waals surface area contributed by atoms with Crippen molar-refractivity contribution >= 4 is 86.2 Å². The summed E-state index contributed by atoms with van der Waals surface area (Å²) in [6.07, 6.45) is 0. The minimum absolute atomic E-state index is 1.26. The lowest BCUT2D eigenvalue weighted by Gasteiger charge is -2.22. The molecule has 0 heteroatoms. The number of fused-ring (bicyclic) bond motifs is 16. The molecule has 0 saturated carbocycles. The lowest BCUT2D eigenvalue weighted by molar-refractivity contribution is 1.51. The van der Waals surface area contributed by atoms with Crippen molar-refractivity contribution in [3.05, 3.63) is 204 Å². The van der Waals surface area contributed by atoms with Crippen molar-refractivity contribution in [2.24, 2.45) is 0 Å². The van der Waals surface area contributed by atoms with E-state index in [0.29, 0.717) is 0 Å². The molecule has 0 fully saturated rings. The lowest BCUT2D eigenvalue weighted by atomic mass is 9.81. The summed E-state index contributed by atoms with van der Waals surface area (Å²) in [7, 11) is 0. The molecule has 0 spiro atoms. The summed E-state index contributed by atoms with van der Waals surface area (Å²) in [5, 5.41) is 20.9. The Hall–Kier alpha value is -8.06. The van der Waals surface area contributed by atoms with Crippen molar-refractivity contribution in [1.82, 2.24) is 0 Å². The van der Waals surface area contributed by atoms with E-state index in [9.17, 15) is 0 Å². The first-order valence-corrected chi connectivity index (χ1v) is 23.4. The highest BCUT2D eigenvalue weighted by Gasteiger charge is 2.28. The Balaban J connectivity index is 1.09. The van der Waals surface area contributed by atoms with Crippen LogP contribution in [0.3, 0.4) is 0 Å². The Morgan fingerprint density at radius 3 is 0.939 bits per heavy atom. The van der Waals surface area contributed by atoms with Gasteiger partial charge in [0.1, 0.15) is 0 Å². The van der Waals surface area contributed by atoms with Crippen LogP contribution in [-0.2, 0) is 0 Å². The normalized spacial score (nSPS) is 12.5. The summed E-state index contributed by atoms with van der Waals surface area (Å²) in [6, 6.07) is 70.2. The van der Waals surface area contributed by atoms with Crippen molar-refractivity contribution in [1.29, 1.82) is 0 Å². The highest BCUT2D eigenvalue weighted by atomic mass is 14.3. The third kappa shape index (κ3) is 4.58. The second-order valence-electron chi connectivity index (χ2n) is 19.3. The highest BCUT2D eigenvalue weighted by Crippen LogP contribution is 2.56. The molecule has 0 bridgehead atoms. The average molecular weight is 835 g/mol. The first-order chi connectivity index (χ1) is 32.4. The smallest absolute Gasteiger partial charge is 0.00172 e. The molecule has 2 aliphatic rings. The van der Waals surface area contributed by atoms with Crippen LogP contribution in [0.15, 0.2) is 182 Å². The molecule has 0 unspecified atom stereocenters. The summed E-state index contributed by atoms with van der Waals surface area (Å²) in [5.41, 5.74) is 21.2. The maximum absolute atomic E-state index is 2.55. The molecule has 0 nitrogen and oxygen atoms in total. The molecular formula is C66H42. The van der Waals surface area contributed by atoms with Crippen molar-refractivity contribution in [3.8, 4) is 66.8 Å². The summed E-state index contributed by atoms with van der Waals surface area (Å²) in [6.45, 7) is 9.02. The van der Waals surface area contributed by atoms with Gasteiger partial charge in [-0.2, -0.15) is 0 Å². The van der Waals surface area contributed by atoms with Crippen LogP contribution in [-0.4, -0.2) is 0 Å². The summed E-state index contributed by atoms with van der Waals surface area (Å²) >= 11 is 0. The van der Waals surface area contributed by atoms with Crippen LogP contribution < -0.4 is 0 Å². The predicted molar refractivity (Wildman–Crippen MR) is 285 cm³/mol. The van der Waals surface area contributed by atoms with Crippen LogP contribution in [0.2, 0.25) is 0 Å². The molecule has 306 valence electrons. The number of hydrogen-bond acceptors (Lipinski definition) is 0. The molecule has 0 N–H and O–H groups in total. The SMILES string of the molecule is Cc1ccc2c(c1)c(-c1c3ccccc3c(-c3cc4c5ccc(C)c6c5c(cc4c4ccc(C)cc34)-c3ccccc3-6)c3ccccc13)cc1c3ccc(C)c4c3c(cc21)-c1ccccc1-4. The predicted octanol–water partition coefficient (Wildman–Crippen LogP) is 18.8. The zero-order valence-electron chi connectivity index (χ0n) is 37.3. The van der Waals surface area contributed by atoms with Gasteiger partial charge >= 0.3 is 0 Å². The third-order valence-electron chi connectivity index (χ3n) is 15.6. The van der Waals surface area contributed by atoms with Gasteiger partial charge in [0.05, 0.1) is 0 Å². The van der Waals surface area contributed by atoms with Crippen LogP contribution in [0.5, 0.6) is 0 Å². The molecular weight excluding hydrogens is 793 g/mol. The number of benzene rings is 13. The molecule has 0 atom stereocenters. The van der Waals surface area contributed by atoms with E-state index >= 15 is 0 Å². The zero-order chi connectivity index (χ0) is 43.7. The van der Waals surface area contributed by atoms with Crippen molar-refractivity contribution in [2.75, 3.05) is 0 Å². The fourth-order valence-electron chi connectivity index (χ4n) is 12.8. The van der Waals surface area contributed by atoms with E-state index in [4.69, 9.17) is 0 Å². The van der Waals surface area contributed by atoms with E-state index in [1.54, 1.807) is 0 Å². The highest BCUT2D eigenvalue weighted by molar-refractivity contribution is 6.34. The summed E-state index contributed by atoms with van der Waals surface area (Å²) in [4.78, 5) is 0. The van der Waals surface area contributed by atoms with E-state index in [0.717, 1.165) is 0 Å². The molecule has 15 rings (SSSR count). The van der Waals surface area contributed by atoms with Crippen LogP contribution in [0.4, 0.5) is 0 Å². The van der Waals surface area contributed by atoms with Crippen molar-refractivity contribution in [3.63, 3.8) is 0 Å². The van der Waals surface area contributed by atoms with Gasteiger partial charge in [0.2, 0.25) is 0 Å². The van der Waals surface area contributed by atoms with Gasteiger partial charge in [-0.25, -0.2) is 0 Å². The monoisotopic (exact) mass is 834 g/mol. The van der Waals surface area contributed by atoms with E-state index in [1.807, 2.05) is 0 Å². The van der Waals surface area contributed by atoms with Crippen LogP contribution in [0.25, 0.3) is 153 Å². The van der Waals surface area contributed by atoms with Gasteiger partial charge in [-0.1, -0.05) is 169 Å². The Morgan fingerprint density at radius 2 is 0.530 bits per heavy atom. The fraction of sp³-hybridized carbons (Fsp3) is 0.0606. The molecule has 66 heavy (non-hydrogen) atoms. The maximum Gasteiger partial charge on any atom is -0.00172 e. The van der Waals surface area contributed by atoms with Crippen molar-refractivity contribution < 1.29 is 0 Å². The third-order valence-corrected chi connectivity index (χ3v) is 15.6. The summed E-state index contributed by atoms with van der Waals surface area (Å²) < 4.78 is 0. The van der Waals surface area contributed by atoms with Crippen LogP contribution >= 0.6 is 0 Å². The van der Waals surface area contributed by atoms with E-state index in [-0.39, 0.29) is 0 Å². The first kappa shape index (κ1) is 36.3. The van der Waals surface area contributed by atoms with Gasteiger partial charge in [0.25, 0.3) is 0 Å². The molecule has 0 amide bonds. The van der Waals surface area contributed by atoms with Gasteiger partial charge in [0.15, 0.2) is 0 Å². The zero-order valence-corrected chi connectivity index (χ0v) is 37.3. The van der Waals surface area contributed by atoms with Gasteiger partial charge < -0.3 is 0 Å². The Kier molecular flexibility index (Phi) is 7.04. The number of rotatable bonds is 2.